The first kappa shape index (κ1) is 14.0. The van der Waals surface area contributed by atoms with E-state index in [0.29, 0.717) is 0 Å². The van der Waals surface area contributed by atoms with Gasteiger partial charge in [-0.1, -0.05) is 6.07 Å². The molecule has 0 aliphatic carbocycles. The second-order valence-electron chi connectivity index (χ2n) is 5.74. The number of hydrogen-bond acceptors (Lipinski definition) is 3. The highest BCUT2D eigenvalue weighted by atomic mass is 15.3. The topological polar surface area (TPSA) is 33.1 Å². The van der Waals surface area contributed by atoms with Crippen LogP contribution >= 0.6 is 0 Å². The number of aryl methyl sites for hydroxylation is 1. The largest absolute Gasteiger partial charge is 0.378 e. The SMILES string of the molecule is CCn1cc(C(C)Nc2cccc(N3CCCC3)c2)cn1. The van der Waals surface area contributed by atoms with Crippen molar-refractivity contribution in [2.24, 2.45) is 0 Å². The van der Waals surface area contributed by atoms with Crippen LogP contribution in [0.4, 0.5) is 11.4 Å². The Morgan fingerprint density at radius 3 is 2.81 bits per heavy atom. The number of hydrogen-bond donors (Lipinski definition) is 1. The first-order valence-electron chi connectivity index (χ1n) is 7.90. The molecule has 1 fully saturated rings. The molecule has 2 heterocycles. The average Bonchev–Trinajstić information content (AvgIpc) is 3.19. The molecule has 1 aliphatic rings. The van der Waals surface area contributed by atoms with E-state index < -0.39 is 0 Å². The van der Waals surface area contributed by atoms with Crippen molar-refractivity contribution in [2.45, 2.75) is 39.3 Å². The molecule has 0 amide bonds. The Morgan fingerprint density at radius 2 is 2.10 bits per heavy atom. The summed E-state index contributed by atoms with van der Waals surface area (Å²) in [6, 6.07) is 9.00. The summed E-state index contributed by atoms with van der Waals surface area (Å²) in [6.07, 6.45) is 6.68. The summed E-state index contributed by atoms with van der Waals surface area (Å²) >= 11 is 0. The molecule has 1 atom stereocenters. The predicted octanol–water partition coefficient (Wildman–Crippen LogP) is 3.68. The smallest absolute Gasteiger partial charge is 0.0542 e. The fraction of sp³-hybridized carbons (Fsp3) is 0.471. The summed E-state index contributed by atoms with van der Waals surface area (Å²) in [5.74, 6) is 0. The van der Waals surface area contributed by atoms with Gasteiger partial charge in [-0.15, -0.1) is 0 Å². The summed E-state index contributed by atoms with van der Waals surface area (Å²) in [5.41, 5.74) is 3.73. The van der Waals surface area contributed by atoms with Gasteiger partial charge in [0.2, 0.25) is 0 Å². The first-order valence-corrected chi connectivity index (χ1v) is 7.90. The van der Waals surface area contributed by atoms with Crippen molar-refractivity contribution >= 4 is 11.4 Å². The van der Waals surface area contributed by atoms with Gasteiger partial charge in [-0.3, -0.25) is 4.68 Å². The highest BCUT2D eigenvalue weighted by molar-refractivity contribution is 5.59. The van der Waals surface area contributed by atoms with Gasteiger partial charge in [0.05, 0.1) is 12.2 Å². The zero-order valence-corrected chi connectivity index (χ0v) is 12.9. The van der Waals surface area contributed by atoms with Crippen molar-refractivity contribution in [3.8, 4) is 0 Å². The molecule has 1 aromatic carbocycles. The average molecular weight is 284 g/mol. The number of aromatic nitrogens is 2. The summed E-state index contributed by atoms with van der Waals surface area (Å²) in [4.78, 5) is 2.46. The van der Waals surface area contributed by atoms with Crippen LogP contribution < -0.4 is 10.2 Å². The molecule has 0 saturated carbocycles. The normalized spacial score (nSPS) is 16.2. The minimum absolute atomic E-state index is 0.263. The van der Waals surface area contributed by atoms with Crippen molar-refractivity contribution in [3.05, 3.63) is 42.2 Å². The Balaban J connectivity index is 1.70. The Kier molecular flexibility index (Phi) is 4.13. The second-order valence-corrected chi connectivity index (χ2v) is 5.74. The van der Waals surface area contributed by atoms with E-state index in [9.17, 15) is 0 Å². The van der Waals surface area contributed by atoms with Crippen LogP contribution in [-0.2, 0) is 6.54 Å². The quantitative estimate of drug-likeness (QED) is 0.909. The summed E-state index contributed by atoms with van der Waals surface area (Å²) in [7, 11) is 0. The van der Waals surface area contributed by atoms with E-state index in [0.717, 1.165) is 6.54 Å². The van der Waals surface area contributed by atoms with Crippen LogP contribution in [0, 0.1) is 0 Å². The van der Waals surface area contributed by atoms with Crippen LogP contribution in [0.3, 0.4) is 0 Å². The molecule has 4 nitrogen and oxygen atoms in total. The van der Waals surface area contributed by atoms with E-state index in [4.69, 9.17) is 0 Å². The van der Waals surface area contributed by atoms with Gasteiger partial charge in [0.1, 0.15) is 0 Å². The molecule has 1 saturated heterocycles. The zero-order chi connectivity index (χ0) is 14.7. The molecule has 1 aromatic heterocycles. The van der Waals surface area contributed by atoms with Crippen molar-refractivity contribution in [1.29, 1.82) is 0 Å². The lowest BCUT2D eigenvalue weighted by molar-refractivity contribution is 0.658. The van der Waals surface area contributed by atoms with Crippen molar-refractivity contribution in [3.63, 3.8) is 0 Å². The molecular formula is C17H24N4. The van der Waals surface area contributed by atoms with Crippen molar-refractivity contribution < 1.29 is 0 Å². The lowest BCUT2D eigenvalue weighted by Crippen LogP contribution is -2.17. The van der Waals surface area contributed by atoms with E-state index in [1.165, 1.54) is 42.9 Å². The van der Waals surface area contributed by atoms with Gasteiger partial charge in [0, 0.05) is 42.8 Å². The molecule has 1 N–H and O–H groups in total. The maximum atomic E-state index is 4.35. The van der Waals surface area contributed by atoms with Gasteiger partial charge in [-0.25, -0.2) is 0 Å². The minimum atomic E-state index is 0.263. The second kappa shape index (κ2) is 6.20. The van der Waals surface area contributed by atoms with Crippen LogP contribution in [-0.4, -0.2) is 22.9 Å². The Labute approximate surface area is 126 Å². The molecule has 3 rings (SSSR count). The Bertz CT molecular complexity index is 584. The molecule has 0 spiro atoms. The molecule has 2 aromatic rings. The van der Waals surface area contributed by atoms with Crippen LogP contribution in [0.1, 0.15) is 38.3 Å². The molecule has 1 aliphatic heterocycles. The molecule has 21 heavy (non-hydrogen) atoms. The first-order chi connectivity index (χ1) is 10.3. The minimum Gasteiger partial charge on any atom is -0.378 e. The molecule has 112 valence electrons. The fourth-order valence-corrected chi connectivity index (χ4v) is 2.88. The number of anilines is 2. The van der Waals surface area contributed by atoms with Gasteiger partial charge >= 0.3 is 0 Å². The van der Waals surface area contributed by atoms with Crippen LogP contribution in [0.2, 0.25) is 0 Å². The van der Waals surface area contributed by atoms with Crippen molar-refractivity contribution in [2.75, 3.05) is 23.3 Å². The predicted molar refractivity (Wildman–Crippen MR) is 87.8 cm³/mol. The monoisotopic (exact) mass is 284 g/mol. The van der Waals surface area contributed by atoms with Gasteiger partial charge < -0.3 is 10.2 Å². The fourth-order valence-electron chi connectivity index (χ4n) is 2.88. The van der Waals surface area contributed by atoms with Crippen molar-refractivity contribution in [1.82, 2.24) is 9.78 Å². The van der Waals surface area contributed by atoms with Gasteiger partial charge in [0.25, 0.3) is 0 Å². The lowest BCUT2D eigenvalue weighted by atomic mass is 10.1. The summed E-state index contributed by atoms with van der Waals surface area (Å²) in [5, 5.41) is 7.93. The highest BCUT2D eigenvalue weighted by Gasteiger charge is 2.13. The number of nitrogens with zero attached hydrogens (tertiary/aromatic N) is 3. The van der Waals surface area contributed by atoms with Crippen LogP contribution in [0.25, 0.3) is 0 Å². The van der Waals surface area contributed by atoms with E-state index in [-0.39, 0.29) is 6.04 Å². The molecule has 0 radical (unpaired) electrons. The third-order valence-electron chi connectivity index (χ3n) is 4.18. The number of rotatable bonds is 5. The third-order valence-corrected chi connectivity index (χ3v) is 4.18. The number of nitrogens with one attached hydrogen (secondary N) is 1. The van der Waals surface area contributed by atoms with Gasteiger partial charge in [-0.05, 0) is 44.9 Å². The standard InChI is InChI=1S/C17H24N4/c1-3-21-13-15(12-18-21)14(2)19-16-7-6-8-17(11-16)20-9-4-5-10-20/h6-8,11-14,19H,3-5,9-10H2,1-2H3. The van der Waals surface area contributed by atoms with Crippen LogP contribution in [0.15, 0.2) is 36.7 Å². The van der Waals surface area contributed by atoms with E-state index >= 15 is 0 Å². The summed E-state index contributed by atoms with van der Waals surface area (Å²) < 4.78 is 1.97. The molecular weight excluding hydrogens is 260 g/mol. The maximum absolute atomic E-state index is 4.35. The van der Waals surface area contributed by atoms with Crippen LogP contribution in [0.5, 0.6) is 0 Å². The van der Waals surface area contributed by atoms with Gasteiger partial charge in [-0.2, -0.15) is 5.10 Å². The third kappa shape index (κ3) is 3.20. The van der Waals surface area contributed by atoms with E-state index in [2.05, 4.69) is 59.6 Å². The Hall–Kier alpha value is -1.97. The lowest BCUT2D eigenvalue weighted by Gasteiger charge is -2.20. The molecule has 0 bridgehead atoms. The summed E-state index contributed by atoms with van der Waals surface area (Å²) in [6.45, 7) is 7.57. The van der Waals surface area contributed by atoms with Gasteiger partial charge in [0.15, 0.2) is 0 Å². The molecule has 1 unspecified atom stereocenters. The Morgan fingerprint density at radius 1 is 1.29 bits per heavy atom. The highest BCUT2D eigenvalue weighted by Crippen LogP contribution is 2.25. The zero-order valence-electron chi connectivity index (χ0n) is 12.9. The van der Waals surface area contributed by atoms with E-state index in [1.54, 1.807) is 0 Å². The van der Waals surface area contributed by atoms with E-state index in [1.807, 2.05) is 10.9 Å². The number of benzene rings is 1. The maximum Gasteiger partial charge on any atom is 0.0542 e. The molecule has 4 heteroatoms.